The van der Waals surface area contributed by atoms with Gasteiger partial charge in [-0.05, 0) is 28.1 Å². The van der Waals surface area contributed by atoms with Crippen LogP contribution in [0.15, 0.2) is 22.8 Å². The van der Waals surface area contributed by atoms with Gasteiger partial charge in [-0.15, -0.1) is 5.10 Å². The third-order valence-electron chi connectivity index (χ3n) is 2.39. The summed E-state index contributed by atoms with van der Waals surface area (Å²) in [6.45, 7) is 5.97. The number of carbonyl (C=O) groups is 1. The summed E-state index contributed by atoms with van der Waals surface area (Å²) < 4.78 is 0.704. The van der Waals surface area contributed by atoms with E-state index in [1.54, 1.807) is 18.3 Å². The number of anilines is 1. The number of hydrogen-bond donors (Lipinski definition) is 2. The molecule has 1 amide bonds. The Morgan fingerprint density at radius 2 is 2.16 bits per heavy atom. The lowest BCUT2D eigenvalue weighted by Crippen LogP contribution is -2.16. The van der Waals surface area contributed by atoms with Gasteiger partial charge in [0.15, 0.2) is 0 Å². The van der Waals surface area contributed by atoms with E-state index in [1.807, 2.05) is 20.8 Å². The summed E-state index contributed by atoms with van der Waals surface area (Å²) in [4.78, 5) is 20.2. The van der Waals surface area contributed by atoms with Crippen molar-refractivity contribution < 1.29 is 4.79 Å². The number of carbonyl (C=O) groups excluding carboxylic acids is 1. The Balaban J connectivity index is 2.17. The van der Waals surface area contributed by atoms with Crippen LogP contribution in [0.25, 0.3) is 0 Å². The zero-order valence-electron chi connectivity index (χ0n) is 10.9. The molecule has 2 aromatic heterocycles. The highest BCUT2D eigenvalue weighted by molar-refractivity contribution is 9.10. The van der Waals surface area contributed by atoms with Crippen LogP contribution in [0.1, 0.15) is 37.2 Å². The fraction of sp³-hybridized carbons (Fsp3) is 0.333. The molecule has 0 aromatic carbocycles. The maximum absolute atomic E-state index is 12.0. The van der Waals surface area contributed by atoms with Crippen LogP contribution >= 0.6 is 15.9 Å². The highest BCUT2D eigenvalue weighted by atomic mass is 79.9. The van der Waals surface area contributed by atoms with Crippen LogP contribution in [-0.4, -0.2) is 26.1 Å². The molecular formula is C12H14BrN5O. The van der Waals surface area contributed by atoms with Gasteiger partial charge in [0.05, 0.1) is 4.47 Å². The normalized spacial score (nSPS) is 11.4. The Bertz CT molecular complexity index is 602. The Labute approximate surface area is 119 Å². The molecule has 19 heavy (non-hydrogen) atoms. The summed E-state index contributed by atoms with van der Waals surface area (Å²) in [6.07, 6.45) is 1.60. The van der Waals surface area contributed by atoms with Crippen LogP contribution in [-0.2, 0) is 5.41 Å². The third-order valence-corrected chi connectivity index (χ3v) is 3.03. The third kappa shape index (κ3) is 3.17. The van der Waals surface area contributed by atoms with E-state index in [-0.39, 0.29) is 11.2 Å². The van der Waals surface area contributed by atoms with Crippen LogP contribution in [0, 0.1) is 0 Å². The SMILES string of the molecule is CC(C)(C)c1nc(C(=O)Nc2ncccc2Br)n[nH]1. The van der Waals surface area contributed by atoms with Crippen molar-refractivity contribution in [2.75, 3.05) is 5.32 Å². The summed E-state index contributed by atoms with van der Waals surface area (Å²) in [6, 6.07) is 3.56. The van der Waals surface area contributed by atoms with Crippen molar-refractivity contribution in [1.29, 1.82) is 0 Å². The molecule has 0 saturated heterocycles. The van der Waals surface area contributed by atoms with E-state index in [2.05, 4.69) is 41.4 Å². The maximum Gasteiger partial charge on any atom is 0.296 e. The number of hydrogen-bond acceptors (Lipinski definition) is 4. The molecule has 0 bridgehead atoms. The van der Waals surface area contributed by atoms with Gasteiger partial charge in [-0.3, -0.25) is 9.89 Å². The largest absolute Gasteiger partial charge is 0.303 e. The highest BCUT2D eigenvalue weighted by Crippen LogP contribution is 2.20. The molecule has 0 aliphatic heterocycles. The molecule has 0 radical (unpaired) electrons. The Kier molecular flexibility index (Phi) is 3.66. The predicted octanol–water partition coefficient (Wildman–Crippen LogP) is 2.51. The molecule has 0 unspecified atom stereocenters. The Morgan fingerprint density at radius 1 is 1.42 bits per heavy atom. The Hall–Kier alpha value is -1.76. The first kappa shape index (κ1) is 13.7. The van der Waals surface area contributed by atoms with Gasteiger partial charge in [0.2, 0.25) is 5.82 Å². The van der Waals surface area contributed by atoms with Gasteiger partial charge in [-0.2, -0.15) is 0 Å². The van der Waals surface area contributed by atoms with Gasteiger partial charge < -0.3 is 5.32 Å². The van der Waals surface area contributed by atoms with Gasteiger partial charge in [0.1, 0.15) is 11.6 Å². The Morgan fingerprint density at radius 3 is 2.74 bits per heavy atom. The van der Waals surface area contributed by atoms with Gasteiger partial charge in [-0.25, -0.2) is 9.97 Å². The van der Waals surface area contributed by atoms with Crippen molar-refractivity contribution in [3.05, 3.63) is 34.5 Å². The topological polar surface area (TPSA) is 83.6 Å². The average molecular weight is 324 g/mol. The van der Waals surface area contributed by atoms with Crippen molar-refractivity contribution in [3.63, 3.8) is 0 Å². The first-order valence-corrected chi connectivity index (χ1v) is 6.52. The summed E-state index contributed by atoms with van der Waals surface area (Å²) in [5.74, 6) is 0.806. The number of aromatic nitrogens is 4. The fourth-order valence-corrected chi connectivity index (χ4v) is 1.69. The van der Waals surface area contributed by atoms with Gasteiger partial charge in [0, 0.05) is 11.6 Å². The van der Waals surface area contributed by atoms with E-state index in [0.29, 0.717) is 16.1 Å². The van der Waals surface area contributed by atoms with E-state index in [1.165, 1.54) is 0 Å². The minimum atomic E-state index is -0.397. The molecule has 2 N–H and O–H groups in total. The molecule has 2 heterocycles. The standard InChI is InChI=1S/C12H14BrN5O/c1-12(2,3)11-16-9(17-18-11)10(19)15-8-7(13)5-4-6-14-8/h4-6H,1-3H3,(H,14,15,19)(H,16,17,18). The lowest BCUT2D eigenvalue weighted by molar-refractivity contribution is 0.101. The summed E-state index contributed by atoms with van der Waals surface area (Å²) >= 11 is 3.31. The second kappa shape index (κ2) is 5.08. The van der Waals surface area contributed by atoms with Crippen molar-refractivity contribution in [2.24, 2.45) is 0 Å². The molecule has 100 valence electrons. The molecule has 6 nitrogen and oxygen atoms in total. The second-order valence-corrected chi connectivity index (χ2v) is 5.90. The highest BCUT2D eigenvalue weighted by Gasteiger charge is 2.21. The quantitative estimate of drug-likeness (QED) is 0.889. The molecule has 0 spiro atoms. The lowest BCUT2D eigenvalue weighted by Gasteiger charge is -2.12. The summed E-state index contributed by atoms with van der Waals surface area (Å²) in [5, 5.41) is 9.34. The zero-order valence-corrected chi connectivity index (χ0v) is 12.4. The zero-order chi connectivity index (χ0) is 14.0. The number of H-pyrrole nitrogens is 1. The number of nitrogens with one attached hydrogen (secondary N) is 2. The number of halogens is 1. The molecule has 0 aliphatic rings. The number of rotatable bonds is 2. The number of aromatic amines is 1. The fourth-order valence-electron chi connectivity index (χ4n) is 1.34. The van der Waals surface area contributed by atoms with Gasteiger partial charge >= 0.3 is 0 Å². The molecule has 2 aromatic rings. The molecule has 0 atom stereocenters. The van der Waals surface area contributed by atoms with Crippen molar-refractivity contribution in [2.45, 2.75) is 26.2 Å². The number of nitrogens with zero attached hydrogens (tertiary/aromatic N) is 3. The van der Waals surface area contributed by atoms with E-state index >= 15 is 0 Å². The second-order valence-electron chi connectivity index (χ2n) is 5.05. The number of pyridine rings is 1. The van der Waals surface area contributed by atoms with Crippen LogP contribution in [0.5, 0.6) is 0 Å². The lowest BCUT2D eigenvalue weighted by atomic mass is 9.96. The van der Waals surface area contributed by atoms with Crippen molar-refractivity contribution >= 4 is 27.7 Å². The monoisotopic (exact) mass is 323 g/mol. The molecule has 0 fully saturated rings. The number of amides is 1. The molecule has 2 rings (SSSR count). The first-order valence-electron chi connectivity index (χ1n) is 5.72. The van der Waals surface area contributed by atoms with Gasteiger partial charge in [-0.1, -0.05) is 20.8 Å². The maximum atomic E-state index is 12.0. The van der Waals surface area contributed by atoms with Crippen molar-refractivity contribution in [3.8, 4) is 0 Å². The average Bonchev–Trinajstić information content (AvgIpc) is 2.81. The van der Waals surface area contributed by atoms with E-state index in [4.69, 9.17) is 0 Å². The smallest absolute Gasteiger partial charge is 0.296 e. The van der Waals surface area contributed by atoms with E-state index < -0.39 is 5.91 Å². The molecule has 0 aliphatic carbocycles. The molecule has 0 saturated carbocycles. The van der Waals surface area contributed by atoms with Crippen LogP contribution in [0.4, 0.5) is 5.82 Å². The molecule has 7 heteroatoms. The van der Waals surface area contributed by atoms with Crippen LogP contribution < -0.4 is 5.32 Å². The van der Waals surface area contributed by atoms with Crippen molar-refractivity contribution in [1.82, 2.24) is 20.2 Å². The predicted molar refractivity (Wildman–Crippen MR) is 75.0 cm³/mol. The summed E-state index contributed by atoms with van der Waals surface area (Å²) in [5.41, 5.74) is -0.183. The minimum Gasteiger partial charge on any atom is -0.303 e. The van der Waals surface area contributed by atoms with E-state index in [9.17, 15) is 4.79 Å². The van der Waals surface area contributed by atoms with Gasteiger partial charge in [0.25, 0.3) is 5.91 Å². The molecular weight excluding hydrogens is 310 g/mol. The van der Waals surface area contributed by atoms with Crippen LogP contribution in [0.2, 0.25) is 0 Å². The van der Waals surface area contributed by atoms with E-state index in [0.717, 1.165) is 0 Å². The summed E-state index contributed by atoms with van der Waals surface area (Å²) in [7, 11) is 0. The van der Waals surface area contributed by atoms with Crippen LogP contribution in [0.3, 0.4) is 0 Å². The first-order chi connectivity index (χ1) is 8.88. The minimum absolute atomic E-state index is 0.0995.